The summed E-state index contributed by atoms with van der Waals surface area (Å²) in [7, 11) is 0. The normalized spacial score (nSPS) is 11.0. The smallest absolute Gasteiger partial charge is 0.353 e. The van der Waals surface area contributed by atoms with E-state index in [4.69, 9.17) is 16.3 Å². The van der Waals surface area contributed by atoms with Gasteiger partial charge in [-0.25, -0.2) is 4.79 Å². The fourth-order valence-electron chi connectivity index (χ4n) is 2.20. The molecule has 0 fully saturated rings. The van der Waals surface area contributed by atoms with Crippen LogP contribution in [0.2, 0.25) is 5.02 Å². The monoisotopic (exact) mass is 365 g/mol. The number of ether oxygens (including phenoxy) is 1. The van der Waals surface area contributed by atoms with Crippen molar-refractivity contribution in [2.45, 2.75) is 0 Å². The highest BCUT2D eigenvalue weighted by Crippen LogP contribution is 2.23. The molecule has 0 saturated heterocycles. The molecule has 1 heterocycles. The third-order valence-corrected chi connectivity index (χ3v) is 4.48. The Labute approximate surface area is 154 Å². The highest BCUT2D eigenvalue weighted by atomic mass is 35.5. The number of benzene rings is 2. The van der Waals surface area contributed by atoms with Gasteiger partial charge in [0, 0.05) is 5.02 Å². The van der Waals surface area contributed by atoms with Crippen LogP contribution in [0.4, 0.5) is 0 Å². The summed E-state index contributed by atoms with van der Waals surface area (Å²) < 4.78 is 5.38. The Bertz CT molecular complexity index is 954. The highest BCUT2D eigenvalue weighted by molar-refractivity contribution is 7.12. The molecule has 0 aliphatic rings. The molecule has 3 nitrogen and oxygen atoms in total. The number of esters is 1. The molecular weight excluding hydrogens is 354 g/mol. The summed E-state index contributed by atoms with van der Waals surface area (Å²) in [6.07, 6.45) is 1.74. The second-order valence-electron chi connectivity index (χ2n) is 5.12. The first kappa shape index (κ1) is 17.0. The van der Waals surface area contributed by atoms with Crippen LogP contribution in [0.25, 0.3) is 11.6 Å². The van der Waals surface area contributed by atoms with E-state index < -0.39 is 5.97 Å². The molecule has 0 bridgehead atoms. The second kappa shape index (κ2) is 7.80. The topological polar surface area (TPSA) is 50.1 Å². The van der Waals surface area contributed by atoms with E-state index in [0.717, 1.165) is 11.1 Å². The number of halogens is 1. The molecule has 0 N–H and O–H groups in total. The van der Waals surface area contributed by atoms with Crippen molar-refractivity contribution >= 4 is 40.6 Å². The van der Waals surface area contributed by atoms with Crippen molar-refractivity contribution in [3.8, 4) is 11.8 Å². The van der Waals surface area contributed by atoms with Crippen LogP contribution in [-0.2, 0) is 0 Å². The van der Waals surface area contributed by atoms with Gasteiger partial charge in [-0.1, -0.05) is 41.9 Å². The molecule has 0 spiro atoms. The molecule has 2 aromatic carbocycles. The van der Waals surface area contributed by atoms with Crippen LogP contribution in [0.15, 0.2) is 66.0 Å². The Kier molecular flexibility index (Phi) is 5.30. The van der Waals surface area contributed by atoms with E-state index in [1.807, 2.05) is 11.4 Å². The van der Waals surface area contributed by atoms with E-state index in [1.54, 1.807) is 60.7 Å². The molecule has 3 aromatic rings. The maximum absolute atomic E-state index is 12.0. The lowest BCUT2D eigenvalue weighted by Crippen LogP contribution is -2.06. The van der Waals surface area contributed by atoms with Crippen LogP contribution in [0.3, 0.4) is 0 Å². The van der Waals surface area contributed by atoms with Crippen molar-refractivity contribution in [3.63, 3.8) is 0 Å². The number of hydrogen-bond acceptors (Lipinski definition) is 4. The summed E-state index contributed by atoms with van der Waals surface area (Å²) in [5.41, 5.74) is 2.04. The fraction of sp³-hybridized carbons (Fsp3) is 0. The minimum absolute atomic E-state index is 0.394. The Morgan fingerprint density at radius 1 is 1.12 bits per heavy atom. The quantitative estimate of drug-likeness (QED) is 0.258. The van der Waals surface area contributed by atoms with Gasteiger partial charge in [0.1, 0.15) is 10.6 Å². The molecule has 1 aromatic heterocycles. The maximum Gasteiger partial charge on any atom is 0.353 e. The van der Waals surface area contributed by atoms with E-state index in [9.17, 15) is 10.1 Å². The molecule has 3 rings (SSSR count). The van der Waals surface area contributed by atoms with Crippen molar-refractivity contribution in [2.75, 3.05) is 0 Å². The molecule has 0 aliphatic heterocycles. The Hall–Kier alpha value is -2.87. The molecule has 0 aliphatic carbocycles. The predicted octanol–water partition coefficient (Wildman–Crippen LogP) is 5.68. The van der Waals surface area contributed by atoms with E-state index in [1.165, 1.54) is 11.3 Å². The number of allylic oxidation sites excluding steroid dienone is 1. The van der Waals surface area contributed by atoms with Gasteiger partial charge >= 0.3 is 5.97 Å². The summed E-state index contributed by atoms with van der Waals surface area (Å²) in [5, 5.41) is 11.8. The van der Waals surface area contributed by atoms with Crippen molar-refractivity contribution in [2.24, 2.45) is 0 Å². The van der Waals surface area contributed by atoms with E-state index >= 15 is 0 Å². The van der Waals surface area contributed by atoms with Crippen LogP contribution < -0.4 is 4.74 Å². The second-order valence-corrected chi connectivity index (χ2v) is 6.50. The van der Waals surface area contributed by atoms with Crippen LogP contribution in [0.5, 0.6) is 5.75 Å². The van der Waals surface area contributed by atoms with Crippen LogP contribution in [0.1, 0.15) is 20.8 Å². The molecule has 0 atom stereocenters. The van der Waals surface area contributed by atoms with Gasteiger partial charge in [0.25, 0.3) is 0 Å². The van der Waals surface area contributed by atoms with Crippen LogP contribution >= 0.6 is 22.9 Å². The fourth-order valence-corrected chi connectivity index (χ4v) is 2.92. The maximum atomic E-state index is 12.0. The molecule has 122 valence electrons. The van der Waals surface area contributed by atoms with Gasteiger partial charge in [-0.3, -0.25) is 0 Å². The van der Waals surface area contributed by atoms with E-state index in [2.05, 4.69) is 6.07 Å². The molecular formula is C20H12ClNO2S. The zero-order chi connectivity index (χ0) is 17.6. The summed E-state index contributed by atoms with van der Waals surface area (Å²) in [5.74, 6) is 0.0369. The average Bonchev–Trinajstić information content (AvgIpc) is 3.16. The molecule has 0 unspecified atom stereocenters. The molecule has 25 heavy (non-hydrogen) atoms. The van der Waals surface area contributed by atoms with Crippen molar-refractivity contribution in [3.05, 3.63) is 87.1 Å². The minimum Gasteiger partial charge on any atom is -0.422 e. The molecule has 0 amide bonds. The summed E-state index contributed by atoms with van der Waals surface area (Å²) in [6.45, 7) is 0. The van der Waals surface area contributed by atoms with Gasteiger partial charge in [0.2, 0.25) is 0 Å². The lowest BCUT2D eigenvalue weighted by Gasteiger charge is -2.04. The average molecular weight is 366 g/mol. The summed E-state index contributed by atoms with van der Waals surface area (Å²) in [4.78, 5) is 12.6. The van der Waals surface area contributed by atoms with E-state index in [0.29, 0.717) is 21.2 Å². The Balaban J connectivity index is 1.84. The van der Waals surface area contributed by atoms with Gasteiger partial charge in [-0.15, -0.1) is 11.3 Å². The summed E-state index contributed by atoms with van der Waals surface area (Å²) >= 11 is 7.21. The summed E-state index contributed by atoms with van der Waals surface area (Å²) in [6, 6.07) is 19.8. The lowest BCUT2D eigenvalue weighted by atomic mass is 10.0. The number of hydrogen-bond donors (Lipinski definition) is 0. The third kappa shape index (κ3) is 4.36. The standard InChI is InChI=1S/C20H12ClNO2S/c21-17-8-6-15(7-9-17)16(13-22)11-14-3-1-4-18(12-14)24-20(23)19-5-2-10-25-19/h1-12H/b16-11-. The predicted molar refractivity (Wildman–Crippen MR) is 101 cm³/mol. The third-order valence-electron chi connectivity index (χ3n) is 3.38. The van der Waals surface area contributed by atoms with Crippen molar-refractivity contribution in [1.82, 2.24) is 0 Å². The van der Waals surface area contributed by atoms with Gasteiger partial charge in [0.05, 0.1) is 11.6 Å². The zero-order valence-electron chi connectivity index (χ0n) is 13.0. The first-order chi connectivity index (χ1) is 12.2. The lowest BCUT2D eigenvalue weighted by molar-refractivity contribution is 0.0740. The van der Waals surface area contributed by atoms with Gasteiger partial charge in [-0.05, 0) is 52.9 Å². The Morgan fingerprint density at radius 2 is 1.92 bits per heavy atom. The molecule has 0 saturated carbocycles. The number of carbonyl (C=O) groups excluding carboxylic acids is 1. The zero-order valence-corrected chi connectivity index (χ0v) is 14.6. The van der Waals surface area contributed by atoms with E-state index in [-0.39, 0.29) is 0 Å². The van der Waals surface area contributed by atoms with Crippen LogP contribution in [0, 0.1) is 11.3 Å². The Morgan fingerprint density at radius 3 is 2.60 bits per heavy atom. The number of carbonyl (C=O) groups is 1. The molecule has 5 heteroatoms. The number of rotatable bonds is 4. The molecule has 0 radical (unpaired) electrons. The number of nitrogens with zero attached hydrogens (tertiary/aromatic N) is 1. The van der Waals surface area contributed by atoms with Crippen molar-refractivity contribution < 1.29 is 9.53 Å². The first-order valence-corrected chi connectivity index (χ1v) is 8.65. The number of nitriles is 1. The van der Waals surface area contributed by atoms with Gasteiger partial charge in [-0.2, -0.15) is 5.26 Å². The first-order valence-electron chi connectivity index (χ1n) is 7.39. The van der Waals surface area contributed by atoms with Gasteiger partial charge in [0.15, 0.2) is 0 Å². The van der Waals surface area contributed by atoms with Gasteiger partial charge < -0.3 is 4.74 Å². The largest absolute Gasteiger partial charge is 0.422 e. The van der Waals surface area contributed by atoms with Crippen molar-refractivity contribution in [1.29, 1.82) is 5.26 Å². The minimum atomic E-state index is -0.394. The van der Waals surface area contributed by atoms with Crippen LogP contribution in [-0.4, -0.2) is 5.97 Å². The highest BCUT2D eigenvalue weighted by Gasteiger charge is 2.09. The number of thiophene rings is 1. The SMILES string of the molecule is N#C/C(=C/c1cccc(OC(=O)c2cccs2)c1)c1ccc(Cl)cc1.